The Hall–Kier alpha value is -0.870. The van der Waals surface area contributed by atoms with Gasteiger partial charge < -0.3 is 5.32 Å². The maximum atomic E-state index is 11.6. The van der Waals surface area contributed by atoms with Crippen LogP contribution in [0.4, 0.5) is 0 Å². The zero-order valence-corrected chi connectivity index (χ0v) is 11.2. The predicted molar refractivity (Wildman–Crippen MR) is 70.1 cm³/mol. The Bertz CT molecular complexity index is 508. The standard InChI is InChI=1S/C13H19NO2S/c1-10-3-4-11(2)12(7-10)8-13-9-17(15,16)6-5-14-13/h3-4,7,13-14H,5-6,8-9H2,1-2H3. The van der Waals surface area contributed by atoms with E-state index in [2.05, 4.69) is 37.4 Å². The largest absolute Gasteiger partial charge is 0.312 e. The summed E-state index contributed by atoms with van der Waals surface area (Å²) in [4.78, 5) is 0. The lowest BCUT2D eigenvalue weighted by molar-refractivity contribution is 0.515. The number of nitrogens with one attached hydrogen (secondary N) is 1. The molecule has 1 unspecified atom stereocenters. The van der Waals surface area contributed by atoms with Crippen LogP contribution in [0.25, 0.3) is 0 Å². The molecule has 1 heterocycles. The molecule has 4 heteroatoms. The van der Waals surface area contributed by atoms with Crippen molar-refractivity contribution in [1.82, 2.24) is 5.32 Å². The molecule has 1 aromatic rings. The van der Waals surface area contributed by atoms with Gasteiger partial charge in [0.05, 0.1) is 11.5 Å². The molecule has 94 valence electrons. The molecule has 0 amide bonds. The van der Waals surface area contributed by atoms with Crippen LogP contribution in [-0.4, -0.2) is 32.5 Å². The van der Waals surface area contributed by atoms with Crippen LogP contribution >= 0.6 is 0 Å². The van der Waals surface area contributed by atoms with Gasteiger partial charge in [-0.1, -0.05) is 23.8 Å². The summed E-state index contributed by atoms with van der Waals surface area (Å²) in [5.74, 6) is 0.538. The number of rotatable bonds is 2. The molecule has 1 fully saturated rings. The average Bonchev–Trinajstić information content (AvgIpc) is 2.22. The Morgan fingerprint density at radius 1 is 1.35 bits per heavy atom. The third-order valence-electron chi connectivity index (χ3n) is 3.27. The van der Waals surface area contributed by atoms with Gasteiger partial charge in [-0.25, -0.2) is 8.42 Å². The minimum atomic E-state index is -2.84. The van der Waals surface area contributed by atoms with Crippen LogP contribution in [0.5, 0.6) is 0 Å². The summed E-state index contributed by atoms with van der Waals surface area (Å²) in [6, 6.07) is 6.40. The molecule has 2 rings (SSSR count). The van der Waals surface area contributed by atoms with Crippen molar-refractivity contribution in [2.45, 2.75) is 26.3 Å². The molecule has 0 spiro atoms. The van der Waals surface area contributed by atoms with E-state index in [9.17, 15) is 8.42 Å². The smallest absolute Gasteiger partial charge is 0.153 e. The molecule has 1 aromatic carbocycles. The van der Waals surface area contributed by atoms with Gasteiger partial charge in [0, 0.05) is 12.6 Å². The van der Waals surface area contributed by atoms with Gasteiger partial charge in [0.15, 0.2) is 9.84 Å². The van der Waals surface area contributed by atoms with Crippen molar-refractivity contribution in [2.24, 2.45) is 0 Å². The zero-order valence-electron chi connectivity index (χ0n) is 10.4. The lowest BCUT2D eigenvalue weighted by atomic mass is 9.99. The first-order chi connectivity index (χ1) is 7.96. The highest BCUT2D eigenvalue weighted by atomic mass is 32.2. The second-order valence-corrected chi connectivity index (χ2v) is 7.13. The van der Waals surface area contributed by atoms with E-state index >= 15 is 0 Å². The van der Waals surface area contributed by atoms with Gasteiger partial charge in [0.1, 0.15) is 0 Å². The van der Waals surface area contributed by atoms with Crippen molar-refractivity contribution in [3.05, 3.63) is 34.9 Å². The van der Waals surface area contributed by atoms with Crippen molar-refractivity contribution < 1.29 is 8.42 Å². The van der Waals surface area contributed by atoms with Gasteiger partial charge in [-0.3, -0.25) is 0 Å². The van der Waals surface area contributed by atoms with Crippen molar-refractivity contribution in [3.63, 3.8) is 0 Å². The summed E-state index contributed by atoms with van der Waals surface area (Å²) < 4.78 is 23.1. The van der Waals surface area contributed by atoms with E-state index in [4.69, 9.17) is 0 Å². The van der Waals surface area contributed by atoms with Gasteiger partial charge in [-0.2, -0.15) is 0 Å². The van der Waals surface area contributed by atoms with Gasteiger partial charge in [-0.15, -0.1) is 0 Å². The third-order valence-corrected chi connectivity index (χ3v) is 5.01. The van der Waals surface area contributed by atoms with Crippen LogP contribution in [0.15, 0.2) is 18.2 Å². The second kappa shape index (κ2) is 4.78. The van der Waals surface area contributed by atoms with Crippen molar-refractivity contribution in [2.75, 3.05) is 18.1 Å². The minimum absolute atomic E-state index is 0.0641. The maximum absolute atomic E-state index is 11.6. The summed E-state index contributed by atoms with van der Waals surface area (Å²) in [5.41, 5.74) is 3.71. The van der Waals surface area contributed by atoms with E-state index in [0.717, 1.165) is 6.42 Å². The van der Waals surface area contributed by atoms with Gasteiger partial charge >= 0.3 is 0 Å². The normalized spacial score (nSPS) is 23.5. The SMILES string of the molecule is Cc1ccc(C)c(CC2CS(=O)(=O)CCN2)c1. The Labute approximate surface area is 103 Å². The average molecular weight is 253 g/mol. The first kappa shape index (κ1) is 12.6. The molecular weight excluding hydrogens is 234 g/mol. The molecule has 1 aliphatic rings. The number of hydrogen-bond donors (Lipinski definition) is 1. The summed E-state index contributed by atoms with van der Waals surface area (Å²) in [7, 11) is -2.84. The highest BCUT2D eigenvalue weighted by molar-refractivity contribution is 7.91. The summed E-state index contributed by atoms with van der Waals surface area (Å²) in [6.45, 7) is 4.72. The van der Waals surface area contributed by atoms with E-state index in [1.165, 1.54) is 16.7 Å². The molecule has 0 aliphatic carbocycles. The summed E-state index contributed by atoms with van der Waals surface area (Å²) in [6.07, 6.45) is 0.798. The van der Waals surface area contributed by atoms with Crippen molar-refractivity contribution >= 4 is 9.84 Å². The number of hydrogen-bond acceptors (Lipinski definition) is 3. The Morgan fingerprint density at radius 3 is 2.82 bits per heavy atom. The highest BCUT2D eigenvalue weighted by Gasteiger charge is 2.24. The minimum Gasteiger partial charge on any atom is -0.312 e. The molecule has 0 saturated carbocycles. The number of benzene rings is 1. The lowest BCUT2D eigenvalue weighted by Gasteiger charge is -2.24. The molecule has 1 aliphatic heterocycles. The van der Waals surface area contributed by atoms with Gasteiger partial charge in [0.2, 0.25) is 0 Å². The molecule has 1 saturated heterocycles. The molecule has 1 atom stereocenters. The van der Waals surface area contributed by atoms with Gasteiger partial charge in [-0.05, 0) is 31.4 Å². The third kappa shape index (κ3) is 3.30. The fourth-order valence-electron chi connectivity index (χ4n) is 2.28. The molecule has 0 bridgehead atoms. The first-order valence-corrected chi connectivity index (χ1v) is 7.78. The topological polar surface area (TPSA) is 46.2 Å². The summed E-state index contributed by atoms with van der Waals surface area (Å²) >= 11 is 0. The highest BCUT2D eigenvalue weighted by Crippen LogP contribution is 2.15. The monoisotopic (exact) mass is 253 g/mol. The summed E-state index contributed by atoms with van der Waals surface area (Å²) in [5, 5.41) is 3.29. The fraction of sp³-hybridized carbons (Fsp3) is 0.538. The zero-order chi connectivity index (χ0) is 12.5. The first-order valence-electron chi connectivity index (χ1n) is 5.96. The molecule has 0 radical (unpaired) electrons. The van der Waals surface area contributed by atoms with Crippen LogP contribution < -0.4 is 5.32 Å². The maximum Gasteiger partial charge on any atom is 0.153 e. The van der Waals surface area contributed by atoms with E-state index < -0.39 is 9.84 Å². The van der Waals surface area contributed by atoms with Crippen LogP contribution in [0.3, 0.4) is 0 Å². The number of sulfone groups is 1. The quantitative estimate of drug-likeness (QED) is 0.862. The molecule has 1 N–H and O–H groups in total. The van der Waals surface area contributed by atoms with Crippen molar-refractivity contribution in [1.29, 1.82) is 0 Å². The van der Waals surface area contributed by atoms with Crippen LogP contribution in [0.1, 0.15) is 16.7 Å². The Morgan fingerprint density at radius 2 is 2.12 bits per heavy atom. The number of aryl methyl sites for hydroxylation is 2. The predicted octanol–water partition coefficient (Wildman–Crippen LogP) is 1.23. The second-order valence-electron chi connectivity index (χ2n) is 4.90. The molecule has 0 aromatic heterocycles. The van der Waals surface area contributed by atoms with E-state index in [1.807, 2.05) is 0 Å². The lowest BCUT2D eigenvalue weighted by Crippen LogP contribution is -2.46. The molecule has 3 nitrogen and oxygen atoms in total. The van der Waals surface area contributed by atoms with E-state index in [-0.39, 0.29) is 17.5 Å². The Kier molecular flexibility index (Phi) is 3.54. The van der Waals surface area contributed by atoms with Gasteiger partial charge in [0.25, 0.3) is 0 Å². The van der Waals surface area contributed by atoms with Crippen LogP contribution in [-0.2, 0) is 16.3 Å². The molecule has 17 heavy (non-hydrogen) atoms. The molecular formula is C13H19NO2S. The van der Waals surface area contributed by atoms with E-state index in [1.54, 1.807) is 0 Å². The fourth-order valence-corrected chi connectivity index (χ4v) is 3.73. The van der Waals surface area contributed by atoms with Crippen LogP contribution in [0, 0.1) is 13.8 Å². The van der Waals surface area contributed by atoms with Crippen LogP contribution in [0.2, 0.25) is 0 Å². The van der Waals surface area contributed by atoms with Crippen molar-refractivity contribution in [3.8, 4) is 0 Å². The Balaban J connectivity index is 2.13. The van der Waals surface area contributed by atoms with E-state index in [0.29, 0.717) is 6.54 Å².